The van der Waals surface area contributed by atoms with Crippen molar-refractivity contribution in [3.05, 3.63) is 65.9 Å². The van der Waals surface area contributed by atoms with Crippen LogP contribution < -0.4 is 15.0 Å². The Bertz CT molecular complexity index is 1460. The SMILES string of the molecule is CCN(CC)CCN(C)C(=O)c1ccc(Nc2nccc(N(C(=O)O)c3ccc(CC(C)C(=O)N(CC)CC)cc3OC)n2)cc1. The highest BCUT2D eigenvalue weighted by atomic mass is 16.5. The van der Waals surface area contributed by atoms with E-state index in [1.165, 1.54) is 19.4 Å². The van der Waals surface area contributed by atoms with Crippen molar-refractivity contribution >= 4 is 41.0 Å². The lowest BCUT2D eigenvalue weighted by Gasteiger charge is -2.24. The highest BCUT2D eigenvalue weighted by Gasteiger charge is 2.24. The van der Waals surface area contributed by atoms with E-state index < -0.39 is 6.09 Å². The molecule has 12 heteroatoms. The van der Waals surface area contributed by atoms with E-state index in [-0.39, 0.29) is 35.2 Å². The van der Waals surface area contributed by atoms with Crippen LogP contribution in [0.5, 0.6) is 5.75 Å². The first-order chi connectivity index (χ1) is 22.1. The number of carbonyl (C=O) groups excluding carboxylic acids is 2. The first kappa shape index (κ1) is 35.8. The second-order valence-electron chi connectivity index (χ2n) is 10.9. The molecule has 0 spiro atoms. The zero-order valence-electron chi connectivity index (χ0n) is 28.0. The number of hydrogen-bond acceptors (Lipinski definition) is 8. The average Bonchev–Trinajstić information content (AvgIpc) is 3.06. The van der Waals surface area contributed by atoms with E-state index in [9.17, 15) is 19.5 Å². The largest absolute Gasteiger partial charge is 0.495 e. The van der Waals surface area contributed by atoms with Gasteiger partial charge in [-0.3, -0.25) is 9.59 Å². The van der Waals surface area contributed by atoms with E-state index in [4.69, 9.17) is 4.74 Å². The number of benzene rings is 2. The topological polar surface area (TPSA) is 131 Å². The van der Waals surface area contributed by atoms with Gasteiger partial charge in [0.1, 0.15) is 11.6 Å². The van der Waals surface area contributed by atoms with Crippen molar-refractivity contribution in [3.8, 4) is 5.75 Å². The molecule has 1 atom stereocenters. The molecule has 0 saturated carbocycles. The number of rotatable bonds is 16. The summed E-state index contributed by atoms with van der Waals surface area (Å²) in [6.45, 7) is 14.6. The summed E-state index contributed by atoms with van der Waals surface area (Å²) in [6.07, 6.45) is 0.691. The second kappa shape index (κ2) is 17.1. The summed E-state index contributed by atoms with van der Waals surface area (Å²) in [7, 11) is 3.26. The van der Waals surface area contributed by atoms with Gasteiger partial charge in [-0.2, -0.15) is 4.98 Å². The number of hydrogen-bond donors (Lipinski definition) is 2. The third kappa shape index (κ3) is 9.16. The van der Waals surface area contributed by atoms with Gasteiger partial charge in [-0.15, -0.1) is 0 Å². The van der Waals surface area contributed by atoms with Gasteiger partial charge >= 0.3 is 6.09 Å². The Hall–Kier alpha value is -4.71. The van der Waals surface area contributed by atoms with Crippen LogP contribution >= 0.6 is 0 Å². The van der Waals surface area contributed by atoms with Crippen LogP contribution in [-0.4, -0.2) is 101 Å². The maximum atomic E-state index is 12.9. The zero-order chi connectivity index (χ0) is 33.8. The number of carbonyl (C=O) groups is 3. The Morgan fingerprint density at radius 3 is 2.20 bits per heavy atom. The number of carboxylic acid groups (broad SMARTS) is 1. The normalized spacial score (nSPS) is 11.6. The Morgan fingerprint density at radius 1 is 0.935 bits per heavy atom. The van der Waals surface area contributed by atoms with Gasteiger partial charge in [0, 0.05) is 62.7 Å². The molecule has 46 heavy (non-hydrogen) atoms. The van der Waals surface area contributed by atoms with Crippen LogP contribution in [0, 0.1) is 5.92 Å². The fraction of sp³-hybridized carbons (Fsp3) is 0.441. The van der Waals surface area contributed by atoms with Gasteiger partial charge in [0.15, 0.2) is 0 Å². The summed E-state index contributed by atoms with van der Waals surface area (Å²) in [4.78, 5) is 53.7. The number of amides is 3. The Morgan fingerprint density at radius 2 is 1.61 bits per heavy atom. The lowest BCUT2D eigenvalue weighted by molar-refractivity contribution is -0.134. The summed E-state index contributed by atoms with van der Waals surface area (Å²) in [6, 6.07) is 13.7. The summed E-state index contributed by atoms with van der Waals surface area (Å²) in [5.74, 6) is 0.380. The molecule has 3 aromatic rings. The highest BCUT2D eigenvalue weighted by molar-refractivity contribution is 5.96. The van der Waals surface area contributed by atoms with Crippen LogP contribution in [0.3, 0.4) is 0 Å². The molecule has 1 heterocycles. The monoisotopic (exact) mass is 633 g/mol. The molecule has 0 radical (unpaired) electrons. The van der Waals surface area contributed by atoms with Gasteiger partial charge in [0.25, 0.3) is 5.91 Å². The zero-order valence-corrected chi connectivity index (χ0v) is 28.0. The molecule has 1 aromatic heterocycles. The summed E-state index contributed by atoms with van der Waals surface area (Å²) in [5, 5.41) is 13.3. The van der Waals surface area contributed by atoms with E-state index >= 15 is 0 Å². The Kier molecular flexibility index (Phi) is 13.3. The van der Waals surface area contributed by atoms with Crippen LogP contribution in [-0.2, 0) is 11.2 Å². The van der Waals surface area contributed by atoms with Gasteiger partial charge < -0.3 is 29.9 Å². The Labute approximate surface area is 272 Å². The van der Waals surface area contributed by atoms with Crippen LogP contribution in [0.2, 0.25) is 0 Å². The van der Waals surface area contributed by atoms with Gasteiger partial charge in [-0.1, -0.05) is 26.8 Å². The maximum absolute atomic E-state index is 12.9. The van der Waals surface area contributed by atoms with Gasteiger partial charge in [-0.25, -0.2) is 14.7 Å². The number of nitrogens with one attached hydrogen (secondary N) is 1. The number of aromatic nitrogens is 2. The predicted octanol–water partition coefficient (Wildman–Crippen LogP) is 5.51. The van der Waals surface area contributed by atoms with Crippen molar-refractivity contribution in [3.63, 3.8) is 0 Å². The van der Waals surface area contributed by atoms with Crippen LogP contribution in [0.4, 0.5) is 27.9 Å². The fourth-order valence-electron chi connectivity index (χ4n) is 5.16. The van der Waals surface area contributed by atoms with E-state index in [0.717, 1.165) is 30.1 Å². The summed E-state index contributed by atoms with van der Waals surface area (Å²) in [5.41, 5.74) is 2.32. The average molecular weight is 634 g/mol. The molecule has 3 amide bonds. The van der Waals surface area contributed by atoms with E-state index in [1.807, 2.05) is 20.8 Å². The van der Waals surface area contributed by atoms with Gasteiger partial charge in [0.05, 0.1) is 12.8 Å². The standard InChI is InChI=1S/C34H47N7O5/c1-8-39(9-2)21-20-38(6)32(43)26-13-15-27(16-14-26)36-33-35-19-18-30(37-33)41(34(44)45)28-17-12-25(23-29(28)46-7)22-24(5)31(42)40(10-3)11-4/h12-19,23-24H,8-11,20-22H2,1-7H3,(H,44,45)(H,35,36,37). The van der Waals surface area contributed by atoms with Crippen molar-refractivity contribution in [1.82, 2.24) is 24.7 Å². The number of ether oxygens (including phenoxy) is 1. The molecule has 0 aliphatic carbocycles. The van der Waals surface area contributed by atoms with Crippen molar-refractivity contribution < 1.29 is 24.2 Å². The molecule has 0 fully saturated rings. The van der Waals surface area contributed by atoms with Crippen molar-refractivity contribution in [2.24, 2.45) is 5.92 Å². The number of likely N-dealkylation sites (N-methyl/N-ethyl adjacent to an activating group) is 2. The third-order valence-electron chi connectivity index (χ3n) is 7.97. The van der Waals surface area contributed by atoms with Crippen LogP contribution in [0.15, 0.2) is 54.7 Å². The molecule has 2 aromatic carbocycles. The smallest absolute Gasteiger partial charge is 0.417 e. The van der Waals surface area contributed by atoms with Gasteiger partial charge in [0.2, 0.25) is 11.9 Å². The minimum Gasteiger partial charge on any atom is -0.495 e. The molecule has 2 N–H and O–H groups in total. The maximum Gasteiger partial charge on any atom is 0.417 e. The second-order valence-corrected chi connectivity index (χ2v) is 10.9. The predicted molar refractivity (Wildman–Crippen MR) is 180 cm³/mol. The van der Waals surface area contributed by atoms with Crippen LogP contribution in [0.25, 0.3) is 0 Å². The van der Waals surface area contributed by atoms with E-state index in [0.29, 0.717) is 43.1 Å². The molecule has 0 aliphatic heterocycles. The minimum absolute atomic E-state index is 0.0701. The molecule has 1 unspecified atom stereocenters. The number of methoxy groups -OCH3 is 1. The molecule has 0 aliphatic rings. The lowest BCUT2D eigenvalue weighted by atomic mass is 9.99. The highest BCUT2D eigenvalue weighted by Crippen LogP contribution is 2.35. The molecule has 3 rings (SSSR count). The summed E-state index contributed by atoms with van der Waals surface area (Å²) < 4.78 is 5.59. The molecule has 248 valence electrons. The quantitative estimate of drug-likeness (QED) is 0.210. The number of nitrogens with zero attached hydrogens (tertiary/aromatic N) is 6. The summed E-state index contributed by atoms with van der Waals surface area (Å²) >= 11 is 0. The molecule has 0 saturated heterocycles. The molecule has 0 bridgehead atoms. The molecular weight excluding hydrogens is 586 g/mol. The lowest BCUT2D eigenvalue weighted by Crippen LogP contribution is -2.36. The first-order valence-electron chi connectivity index (χ1n) is 15.7. The van der Waals surface area contributed by atoms with Gasteiger partial charge in [-0.05, 0) is 75.3 Å². The number of anilines is 4. The minimum atomic E-state index is -1.26. The van der Waals surface area contributed by atoms with Crippen molar-refractivity contribution in [2.45, 2.75) is 41.0 Å². The third-order valence-corrected chi connectivity index (χ3v) is 7.97. The van der Waals surface area contributed by atoms with Crippen molar-refractivity contribution in [2.75, 3.05) is 63.6 Å². The van der Waals surface area contributed by atoms with E-state index in [2.05, 4.69) is 34.0 Å². The fourth-order valence-corrected chi connectivity index (χ4v) is 5.16. The first-order valence-corrected chi connectivity index (χ1v) is 15.7. The Balaban J connectivity index is 1.77. The van der Waals surface area contributed by atoms with E-state index in [1.54, 1.807) is 59.3 Å². The molecule has 12 nitrogen and oxygen atoms in total. The molecular formula is C34H47N7O5. The van der Waals surface area contributed by atoms with Crippen molar-refractivity contribution in [1.29, 1.82) is 0 Å². The van der Waals surface area contributed by atoms with Crippen LogP contribution in [0.1, 0.15) is 50.5 Å².